The van der Waals surface area contributed by atoms with Crippen LogP contribution >= 0.6 is 0 Å². The van der Waals surface area contributed by atoms with Crippen molar-refractivity contribution < 1.29 is 4.79 Å². The number of anilines is 1. The van der Waals surface area contributed by atoms with Crippen LogP contribution in [0.5, 0.6) is 0 Å². The third-order valence-electron chi connectivity index (χ3n) is 5.08. The van der Waals surface area contributed by atoms with Gasteiger partial charge in [-0.2, -0.15) is 5.10 Å². The van der Waals surface area contributed by atoms with Crippen LogP contribution in [0.15, 0.2) is 12.5 Å². The summed E-state index contributed by atoms with van der Waals surface area (Å²) >= 11 is 0. The average molecular weight is 328 g/mol. The Balaban J connectivity index is 1.52. The van der Waals surface area contributed by atoms with Crippen molar-refractivity contribution in [2.75, 3.05) is 18.0 Å². The van der Waals surface area contributed by atoms with Gasteiger partial charge in [-0.3, -0.25) is 4.79 Å². The number of hydrogen-bond acceptors (Lipinski definition) is 5. The highest BCUT2D eigenvalue weighted by atomic mass is 16.2. The van der Waals surface area contributed by atoms with E-state index in [1.54, 1.807) is 17.2 Å². The molecule has 0 unspecified atom stereocenters. The Morgan fingerprint density at radius 1 is 1.12 bits per heavy atom. The molecule has 2 fully saturated rings. The standard InChI is InChI=1S/C17H24N6O/c24-15(21-13-6-2-3-7-13)11-23-17-14(10-20-23)16(18-12-19-17)22-8-4-1-5-9-22/h10,12-13H,1-9,11H2,(H,21,24). The summed E-state index contributed by atoms with van der Waals surface area (Å²) in [5.41, 5.74) is 0.743. The lowest BCUT2D eigenvalue weighted by Gasteiger charge is -2.27. The summed E-state index contributed by atoms with van der Waals surface area (Å²) in [6.07, 6.45) is 11.7. The molecule has 1 saturated carbocycles. The normalized spacial score (nSPS) is 19.1. The minimum absolute atomic E-state index is 0.0186. The van der Waals surface area contributed by atoms with E-state index in [0.29, 0.717) is 6.04 Å². The van der Waals surface area contributed by atoms with Gasteiger partial charge >= 0.3 is 0 Å². The minimum atomic E-state index is 0.0186. The van der Waals surface area contributed by atoms with E-state index in [1.165, 1.54) is 32.1 Å². The molecule has 0 radical (unpaired) electrons. The van der Waals surface area contributed by atoms with Gasteiger partial charge in [0.05, 0.1) is 11.6 Å². The predicted octanol–water partition coefficient (Wildman–Crippen LogP) is 1.88. The van der Waals surface area contributed by atoms with Crippen molar-refractivity contribution in [1.29, 1.82) is 0 Å². The molecule has 2 aliphatic rings. The number of hydrogen-bond donors (Lipinski definition) is 1. The molecule has 1 amide bonds. The van der Waals surface area contributed by atoms with Gasteiger partial charge in [0.1, 0.15) is 18.7 Å². The van der Waals surface area contributed by atoms with Crippen LogP contribution in [0.4, 0.5) is 5.82 Å². The molecule has 7 heteroatoms. The minimum Gasteiger partial charge on any atom is -0.356 e. The molecule has 1 saturated heterocycles. The number of nitrogens with one attached hydrogen (secondary N) is 1. The highest BCUT2D eigenvalue weighted by Crippen LogP contribution is 2.25. The smallest absolute Gasteiger partial charge is 0.242 e. The van der Waals surface area contributed by atoms with Gasteiger partial charge in [-0.15, -0.1) is 0 Å². The van der Waals surface area contributed by atoms with Gasteiger partial charge in [0.25, 0.3) is 0 Å². The van der Waals surface area contributed by atoms with Crippen LogP contribution in [0.3, 0.4) is 0 Å². The molecule has 1 aliphatic heterocycles. The number of carbonyl (C=O) groups is 1. The van der Waals surface area contributed by atoms with Crippen molar-refractivity contribution >= 4 is 22.8 Å². The van der Waals surface area contributed by atoms with Crippen LogP contribution in [0.25, 0.3) is 11.0 Å². The van der Waals surface area contributed by atoms with Gasteiger partial charge in [0, 0.05) is 19.1 Å². The van der Waals surface area contributed by atoms with Gasteiger partial charge in [0.15, 0.2) is 5.65 Å². The van der Waals surface area contributed by atoms with Crippen LogP contribution in [0.2, 0.25) is 0 Å². The van der Waals surface area contributed by atoms with E-state index in [1.807, 2.05) is 0 Å². The molecule has 7 nitrogen and oxygen atoms in total. The fourth-order valence-corrected chi connectivity index (χ4v) is 3.83. The second-order valence-corrected chi connectivity index (χ2v) is 6.83. The molecule has 0 bridgehead atoms. The maximum absolute atomic E-state index is 12.3. The number of piperidine rings is 1. The topological polar surface area (TPSA) is 75.9 Å². The number of fused-ring (bicyclic) bond motifs is 1. The maximum Gasteiger partial charge on any atom is 0.242 e. The second-order valence-electron chi connectivity index (χ2n) is 6.83. The molecule has 4 rings (SSSR count). The van der Waals surface area contributed by atoms with E-state index < -0.39 is 0 Å². The van der Waals surface area contributed by atoms with Crippen molar-refractivity contribution in [3.8, 4) is 0 Å². The van der Waals surface area contributed by atoms with Crippen molar-refractivity contribution in [2.45, 2.75) is 57.5 Å². The molecule has 2 aromatic heterocycles. The number of aromatic nitrogens is 4. The van der Waals surface area contributed by atoms with Gasteiger partial charge in [-0.25, -0.2) is 14.6 Å². The summed E-state index contributed by atoms with van der Waals surface area (Å²) in [4.78, 5) is 23.4. The maximum atomic E-state index is 12.3. The van der Waals surface area contributed by atoms with Crippen molar-refractivity contribution in [1.82, 2.24) is 25.1 Å². The van der Waals surface area contributed by atoms with E-state index >= 15 is 0 Å². The van der Waals surface area contributed by atoms with E-state index in [0.717, 1.165) is 42.8 Å². The fourth-order valence-electron chi connectivity index (χ4n) is 3.83. The highest BCUT2D eigenvalue weighted by Gasteiger charge is 2.20. The number of nitrogens with zero attached hydrogens (tertiary/aromatic N) is 5. The first-order chi connectivity index (χ1) is 11.8. The molecule has 3 heterocycles. The van der Waals surface area contributed by atoms with Crippen LogP contribution in [-0.4, -0.2) is 44.8 Å². The summed E-state index contributed by atoms with van der Waals surface area (Å²) < 4.78 is 1.69. The van der Waals surface area contributed by atoms with Crippen LogP contribution in [0.1, 0.15) is 44.9 Å². The molecule has 0 atom stereocenters. The predicted molar refractivity (Wildman–Crippen MR) is 91.8 cm³/mol. The zero-order chi connectivity index (χ0) is 16.4. The summed E-state index contributed by atoms with van der Waals surface area (Å²) in [5, 5.41) is 8.44. The van der Waals surface area contributed by atoms with Gasteiger partial charge in [0.2, 0.25) is 5.91 Å². The monoisotopic (exact) mass is 328 g/mol. The Bertz CT molecular complexity index is 715. The third-order valence-corrected chi connectivity index (χ3v) is 5.08. The molecule has 1 aliphatic carbocycles. The molecule has 0 spiro atoms. The van der Waals surface area contributed by atoms with Crippen LogP contribution in [0, 0.1) is 0 Å². The summed E-state index contributed by atoms with van der Waals surface area (Å²) in [6.45, 7) is 2.27. The second kappa shape index (κ2) is 6.75. The number of rotatable bonds is 4. The summed E-state index contributed by atoms with van der Waals surface area (Å²) in [5.74, 6) is 0.965. The quantitative estimate of drug-likeness (QED) is 0.927. The lowest BCUT2D eigenvalue weighted by molar-refractivity contribution is -0.122. The Kier molecular flexibility index (Phi) is 4.32. The van der Waals surface area contributed by atoms with Gasteiger partial charge in [-0.05, 0) is 32.1 Å². The van der Waals surface area contributed by atoms with Crippen LogP contribution < -0.4 is 10.2 Å². The molecule has 128 valence electrons. The number of carbonyl (C=O) groups excluding carboxylic acids is 1. The molecule has 24 heavy (non-hydrogen) atoms. The van der Waals surface area contributed by atoms with Gasteiger partial charge < -0.3 is 10.2 Å². The lowest BCUT2D eigenvalue weighted by atomic mass is 10.1. The van der Waals surface area contributed by atoms with E-state index in [-0.39, 0.29) is 12.5 Å². The Labute approximate surface area is 141 Å². The Morgan fingerprint density at radius 2 is 1.92 bits per heavy atom. The van der Waals surface area contributed by atoms with Crippen molar-refractivity contribution in [3.05, 3.63) is 12.5 Å². The van der Waals surface area contributed by atoms with Crippen LogP contribution in [-0.2, 0) is 11.3 Å². The lowest BCUT2D eigenvalue weighted by Crippen LogP contribution is -2.35. The summed E-state index contributed by atoms with van der Waals surface area (Å²) in [6, 6.07) is 0.331. The van der Waals surface area contributed by atoms with E-state index in [2.05, 4.69) is 25.3 Å². The largest absolute Gasteiger partial charge is 0.356 e. The fraction of sp³-hybridized carbons (Fsp3) is 0.647. The van der Waals surface area contributed by atoms with Gasteiger partial charge in [-0.1, -0.05) is 12.8 Å². The molecule has 1 N–H and O–H groups in total. The summed E-state index contributed by atoms with van der Waals surface area (Å²) in [7, 11) is 0. The van der Waals surface area contributed by atoms with Crippen molar-refractivity contribution in [3.63, 3.8) is 0 Å². The first kappa shape index (κ1) is 15.4. The average Bonchev–Trinajstić information content (AvgIpc) is 3.26. The van der Waals surface area contributed by atoms with E-state index in [9.17, 15) is 4.79 Å². The van der Waals surface area contributed by atoms with Crippen molar-refractivity contribution in [2.24, 2.45) is 0 Å². The van der Waals surface area contributed by atoms with E-state index in [4.69, 9.17) is 0 Å². The third kappa shape index (κ3) is 3.07. The highest BCUT2D eigenvalue weighted by molar-refractivity contribution is 5.88. The Morgan fingerprint density at radius 3 is 2.71 bits per heavy atom. The molecular weight excluding hydrogens is 304 g/mol. The Hall–Kier alpha value is -2.18. The number of amides is 1. The molecule has 2 aromatic rings. The first-order valence-electron chi connectivity index (χ1n) is 9.02. The zero-order valence-electron chi connectivity index (χ0n) is 13.9. The zero-order valence-corrected chi connectivity index (χ0v) is 13.9. The SMILES string of the molecule is O=C(Cn1ncc2c(N3CCCCC3)ncnc21)NC1CCCC1. The molecule has 0 aromatic carbocycles. The molecular formula is C17H24N6O. The first-order valence-corrected chi connectivity index (χ1v) is 9.02.